The van der Waals surface area contributed by atoms with Gasteiger partial charge in [0.05, 0.1) is 18.9 Å². The number of carboxylic acid groups (broad SMARTS) is 1. The molecule has 2 aliphatic rings. The minimum Gasteiger partial charge on any atom is -0.497 e. The average molecular weight is 372 g/mol. The smallest absolute Gasteiger partial charge is 0.394 e. The number of nitrogens with zero attached hydrogens (tertiary/aromatic N) is 1. The number of alkyl halides is 3. The van der Waals surface area contributed by atoms with E-state index in [0.29, 0.717) is 12.2 Å². The molecule has 3 rings (SSSR count). The highest BCUT2D eigenvalue weighted by atomic mass is 19.4. The van der Waals surface area contributed by atoms with Crippen LogP contribution < -0.4 is 10.1 Å². The van der Waals surface area contributed by atoms with Crippen LogP contribution in [0.15, 0.2) is 24.3 Å². The molecule has 1 aromatic carbocycles. The van der Waals surface area contributed by atoms with Gasteiger partial charge >= 0.3 is 18.2 Å². The summed E-state index contributed by atoms with van der Waals surface area (Å²) in [6.45, 7) is -1.08. The summed E-state index contributed by atoms with van der Waals surface area (Å²) in [5.74, 6) is -4.45. The molecule has 1 aliphatic heterocycles. The number of carbonyl (C=O) groups excluding carboxylic acids is 1. The number of aliphatic carboxylic acids is 1. The van der Waals surface area contributed by atoms with Gasteiger partial charge in [-0.25, -0.2) is 4.79 Å². The number of urea groups is 1. The van der Waals surface area contributed by atoms with Gasteiger partial charge in [-0.2, -0.15) is 13.2 Å². The van der Waals surface area contributed by atoms with E-state index in [-0.39, 0.29) is 12.0 Å². The molecule has 2 amide bonds. The van der Waals surface area contributed by atoms with Crippen molar-refractivity contribution >= 4 is 12.0 Å². The molecule has 26 heavy (non-hydrogen) atoms. The first-order valence-electron chi connectivity index (χ1n) is 8.19. The summed E-state index contributed by atoms with van der Waals surface area (Å²) < 4.78 is 44.2. The van der Waals surface area contributed by atoms with Crippen LogP contribution in [-0.4, -0.2) is 54.4 Å². The maximum atomic E-state index is 13.0. The van der Waals surface area contributed by atoms with Crippen LogP contribution in [0.2, 0.25) is 0 Å². The summed E-state index contributed by atoms with van der Waals surface area (Å²) in [4.78, 5) is 24.3. The van der Waals surface area contributed by atoms with Crippen LogP contribution in [0.25, 0.3) is 0 Å². The molecule has 0 spiro atoms. The Hall–Kier alpha value is -2.45. The third-order valence-corrected chi connectivity index (χ3v) is 4.97. The fourth-order valence-corrected chi connectivity index (χ4v) is 3.40. The largest absolute Gasteiger partial charge is 0.497 e. The summed E-state index contributed by atoms with van der Waals surface area (Å²) in [6, 6.07) is 6.55. The molecule has 6 nitrogen and oxygen atoms in total. The van der Waals surface area contributed by atoms with Gasteiger partial charge in [-0.1, -0.05) is 12.1 Å². The third-order valence-electron chi connectivity index (χ3n) is 4.97. The third kappa shape index (κ3) is 3.71. The molecule has 0 unspecified atom stereocenters. The van der Waals surface area contributed by atoms with Crippen molar-refractivity contribution in [1.82, 2.24) is 10.2 Å². The zero-order chi connectivity index (χ0) is 19.1. The molecule has 1 heterocycles. The first-order chi connectivity index (χ1) is 12.2. The monoisotopic (exact) mass is 372 g/mol. The number of carbonyl (C=O) groups is 2. The highest BCUT2D eigenvalue weighted by Crippen LogP contribution is 2.42. The van der Waals surface area contributed by atoms with Gasteiger partial charge in [-0.3, -0.25) is 4.79 Å². The quantitative estimate of drug-likeness (QED) is 0.851. The number of rotatable bonds is 4. The Morgan fingerprint density at radius 2 is 2.04 bits per heavy atom. The highest BCUT2D eigenvalue weighted by Gasteiger charge is 2.54. The molecule has 1 aromatic rings. The van der Waals surface area contributed by atoms with Crippen LogP contribution in [0.5, 0.6) is 5.75 Å². The van der Waals surface area contributed by atoms with Crippen LogP contribution in [0.4, 0.5) is 18.0 Å². The second kappa shape index (κ2) is 6.69. The Morgan fingerprint density at radius 1 is 1.31 bits per heavy atom. The predicted octanol–water partition coefficient (Wildman–Crippen LogP) is 2.46. The van der Waals surface area contributed by atoms with Crippen molar-refractivity contribution in [3.8, 4) is 5.75 Å². The SMILES string of the molecule is COc1cccc([C@@H]2C[C@H]2NC(=O)N2C[C@@H](C(F)(F)F)[C@H](C(=O)O)C2)c1. The standard InChI is InChI=1S/C17H19F3N2O4/c1-26-10-4-2-3-9(5-10)11-6-14(11)21-16(25)22-7-12(15(23)24)13(8-22)17(18,19)20/h2-5,11-14H,6-8H2,1H3,(H,21,25)(H,23,24)/t11-,12+,13+,14+/m0/s1. The molecular weight excluding hydrogens is 353 g/mol. The lowest BCUT2D eigenvalue weighted by Crippen LogP contribution is -2.41. The van der Waals surface area contributed by atoms with E-state index in [1.165, 1.54) is 0 Å². The Kier molecular flexibility index (Phi) is 4.72. The molecule has 9 heteroatoms. The van der Waals surface area contributed by atoms with E-state index in [1.807, 2.05) is 18.2 Å². The molecule has 142 valence electrons. The minimum atomic E-state index is -4.65. The molecule has 1 aliphatic carbocycles. The van der Waals surface area contributed by atoms with E-state index in [0.717, 1.165) is 10.5 Å². The molecule has 0 aromatic heterocycles. The van der Waals surface area contributed by atoms with Crippen molar-refractivity contribution in [3.05, 3.63) is 29.8 Å². The van der Waals surface area contributed by atoms with Gasteiger partial charge in [0.1, 0.15) is 5.75 Å². The fraction of sp³-hybridized carbons (Fsp3) is 0.529. The maximum Gasteiger partial charge on any atom is 0.394 e. The van der Waals surface area contributed by atoms with E-state index >= 15 is 0 Å². The van der Waals surface area contributed by atoms with E-state index < -0.39 is 43.1 Å². The zero-order valence-corrected chi connectivity index (χ0v) is 14.0. The number of hydrogen-bond acceptors (Lipinski definition) is 3. The molecule has 0 radical (unpaired) electrons. The predicted molar refractivity (Wildman–Crippen MR) is 84.9 cm³/mol. The summed E-state index contributed by atoms with van der Waals surface area (Å²) in [7, 11) is 1.55. The fourth-order valence-electron chi connectivity index (χ4n) is 3.40. The van der Waals surface area contributed by atoms with E-state index in [2.05, 4.69) is 5.32 Å². The first-order valence-corrected chi connectivity index (χ1v) is 8.19. The van der Waals surface area contributed by atoms with Gasteiger partial charge < -0.3 is 20.1 Å². The average Bonchev–Trinajstić information content (AvgIpc) is 3.17. The first kappa shape index (κ1) is 18.3. The Balaban J connectivity index is 1.60. The van der Waals surface area contributed by atoms with Crippen LogP contribution in [0, 0.1) is 11.8 Å². The molecule has 2 fully saturated rings. The van der Waals surface area contributed by atoms with Crippen LogP contribution in [0.1, 0.15) is 17.9 Å². The number of hydrogen-bond donors (Lipinski definition) is 2. The number of halogens is 3. The number of amides is 2. The lowest BCUT2D eigenvalue weighted by atomic mass is 9.96. The van der Waals surface area contributed by atoms with Gasteiger partial charge in [-0.05, 0) is 24.1 Å². The number of nitrogens with one attached hydrogen (secondary N) is 1. The minimum absolute atomic E-state index is 0.0744. The molecule has 1 saturated heterocycles. The molecular formula is C17H19F3N2O4. The van der Waals surface area contributed by atoms with Gasteiger partial charge in [-0.15, -0.1) is 0 Å². The lowest BCUT2D eigenvalue weighted by Gasteiger charge is -2.18. The number of ether oxygens (including phenoxy) is 1. The number of benzene rings is 1. The van der Waals surface area contributed by atoms with Gasteiger partial charge in [0.25, 0.3) is 0 Å². The normalized spacial score (nSPS) is 27.9. The van der Waals surface area contributed by atoms with Crippen molar-refractivity contribution in [2.75, 3.05) is 20.2 Å². The lowest BCUT2D eigenvalue weighted by molar-refractivity contribution is -0.187. The van der Waals surface area contributed by atoms with Crippen LogP contribution in [0.3, 0.4) is 0 Å². The van der Waals surface area contributed by atoms with Crippen molar-refractivity contribution in [2.45, 2.75) is 24.6 Å². The van der Waals surface area contributed by atoms with Crippen molar-refractivity contribution in [3.63, 3.8) is 0 Å². The number of likely N-dealkylation sites (tertiary alicyclic amines) is 1. The van der Waals surface area contributed by atoms with Crippen molar-refractivity contribution < 1.29 is 32.6 Å². The molecule has 0 bridgehead atoms. The molecule has 1 saturated carbocycles. The zero-order valence-electron chi connectivity index (χ0n) is 14.0. The second-order valence-electron chi connectivity index (χ2n) is 6.67. The van der Waals surface area contributed by atoms with Crippen LogP contribution in [-0.2, 0) is 4.79 Å². The Labute approximate surface area is 147 Å². The summed E-state index contributed by atoms with van der Waals surface area (Å²) in [5, 5.41) is 11.7. The summed E-state index contributed by atoms with van der Waals surface area (Å²) in [5.41, 5.74) is 0.979. The Bertz CT molecular complexity index is 709. The molecule has 2 N–H and O–H groups in total. The van der Waals surface area contributed by atoms with Crippen molar-refractivity contribution in [2.24, 2.45) is 11.8 Å². The maximum absolute atomic E-state index is 13.0. The van der Waals surface area contributed by atoms with Gasteiger partial charge in [0, 0.05) is 25.0 Å². The Morgan fingerprint density at radius 3 is 2.62 bits per heavy atom. The van der Waals surface area contributed by atoms with Gasteiger partial charge in [0.2, 0.25) is 0 Å². The number of carboxylic acids is 1. The van der Waals surface area contributed by atoms with Crippen LogP contribution >= 0.6 is 0 Å². The van der Waals surface area contributed by atoms with E-state index in [9.17, 15) is 22.8 Å². The highest BCUT2D eigenvalue weighted by molar-refractivity contribution is 5.78. The van der Waals surface area contributed by atoms with Gasteiger partial charge in [0.15, 0.2) is 0 Å². The van der Waals surface area contributed by atoms with E-state index in [4.69, 9.17) is 9.84 Å². The summed E-state index contributed by atoms with van der Waals surface area (Å²) >= 11 is 0. The topological polar surface area (TPSA) is 78.9 Å². The molecule has 4 atom stereocenters. The second-order valence-corrected chi connectivity index (χ2v) is 6.67. The summed E-state index contributed by atoms with van der Waals surface area (Å²) in [6.07, 6.45) is -3.97. The van der Waals surface area contributed by atoms with Crippen molar-refractivity contribution in [1.29, 1.82) is 0 Å². The number of methoxy groups -OCH3 is 1. The van der Waals surface area contributed by atoms with E-state index in [1.54, 1.807) is 13.2 Å².